The number of alkyl halides is 8. The third-order valence-corrected chi connectivity index (χ3v) is 1.80. The fourth-order valence-corrected chi connectivity index (χ4v) is 0.781. The van der Waals surface area contributed by atoms with Gasteiger partial charge in [-0.15, -0.1) is 0 Å². The second-order valence-corrected chi connectivity index (χ2v) is 2.91. The topological polar surface area (TPSA) is 0 Å². The summed E-state index contributed by atoms with van der Waals surface area (Å²) in [5.41, 5.74) is 0. The van der Waals surface area contributed by atoms with Crippen LogP contribution in [0.3, 0.4) is 0 Å². The number of hydrogen-bond donors (Lipinski definition) is 0. The Balaban J connectivity index is 5.17. The molecule has 0 nitrogen and oxygen atoms in total. The Kier molecular flexibility index (Phi) is 3.98. The molecule has 0 fully saturated rings. The lowest BCUT2D eigenvalue weighted by Gasteiger charge is -2.32. The van der Waals surface area contributed by atoms with Gasteiger partial charge in [-0.3, -0.25) is 0 Å². The van der Waals surface area contributed by atoms with E-state index in [1.54, 1.807) is 0 Å². The molecular formula is C7H8F8. The van der Waals surface area contributed by atoms with Gasteiger partial charge < -0.3 is 0 Å². The Morgan fingerprint density at radius 1 is 1.00 bits per heavy atom. The molecule has 0 bridgehead atoms. The molecule has 0 aliphatic heterocycles. The average molecular weight is 244 g/mol. The Hall–Kier alpha value is -0.560. The molecule has 0 rings (SSSR count). The maximum atomic E-state index is 12.5. The molecule has 15 heavy (non-hydrogen) atoms. The summed E-state index contributed by atoms with van der Waals surface area (Å²) in [6, 6.07) is 0. The molecule has 0 heterocycles. The van der Waals surface area contributed by atoms with Crippen LogP contribution >= 0.6 is 0 Å². The Labute approximate surface area is 80.3 Å². The second-order valence-electron chi connectivity index (χ2n) is 2.91. The molecule has 0 aromatic rings. The zero-order chi connectivity index (χ0) is 12.5. The first-order chi connectivity index (χ1) is 6.54. The molecule has 0 spiro atoms. The van der Waals surface area contributed by atoms with E-state index in [9.17, 15) is 35.1 Å². The zero-order valence-electron chi connectivity index (χ0n) is 7.52. The highest BCUT2D eigenvalue weighted by Crippen LogP contribution is 2.48. The average Bonchev–Trinajstić information content (AvgIpc) is 2.15. The molecule has 0 aromatic carbocycles. The normalized spacial score (nSPS) is 16.6. The van der Waals surface area contributed by atoms with Crippen molar-refractivity contribution in [2.24, 2.45) is 0 Å². The summed E-state index contributed by atoms with van der Waals surface area (Å²) >= 11 is 0. The van der Waals surface area contributed by atoms with Crippen molar-refractivity contribution in [2.45, 2.75) is 37.3 Å². The van der Waals surface area contributed by atoms with Crippen molar-refractivity contribution >= 4 is 0 Å². The summed E-state index contributed by atoms with van der Waals surface area (Å²) in [5.74, 6) is -17.2. The van der Waals surface area contributed by atoms with E-state index in [0.717, 1.165) is 6.92 Å². The van der Waals surface area contributed by atoms with Crippen molar-refractivity contribution in [3.8, 4) is 0 Å². The molecule has 0 unspecified atom stereocenters. The highest BCUT2D eigenvalue weighted by Gasteiger charge is 2.74. The first-order valence-corrected chi connectivity index (χ1v) is 3.88. The maximum Gasteiger partial charge on any atom is 0.377 e. The molecule has 0 saturated heterocycles. The molecule has 1 atom stereocenters. The molecule has 0 amide bonds. The van der Waals surface area contributed by atoms with E-state index in [2.05, 4.69) is 0 Å². The second kappa shape index (κ2) is 4.13. The van der Waals surface area contributed by atoms with Gasteiger partial charge in [0.2, 0.25) is 0 Å². The van der Waals surface area contributed by atoms with Crippen LogP contribution in [0, 0.1) is 0 Å². The zero-order valence-corrected chi connectivity index (χ0v) is 7.52. The van der Waals surface area contributed by atoms with Crippen molar-refractivity contribution in [3.05, 3.63) is 0 Å². The van der Waals surface area contributed by atoms with Crippen molar-refractivity contribution in [3.63, 3.8) is 0 Å². The summed E-state index contributed by atoms with van der Waals surface area (Å²) in [6.45, 7) is -2.20. The van der Waals surface area contributed by atoms with E-state index in [4.69, 9.17) is 0 Å². The fourth-order valence-electron chi connectivity index (χ4n) is 0.781. The Morgan fingerprint density at radius 2 is 1.40 bits per heavy atom. The van der Waals surface area contributed by atoms with E-state index in [-0.39, 0.29) is 0 Å². The number of halogens is 8. The quantitative estimate of drug-likeness (QED) is 0.648. The minimum absolute atomic E-state index is 0.780. The van der Waals surface area contributed by atoms with Crippen LogP contribution in [0.25, 0.3) is 0 Å². The lowest BCUT2D eigenvalue weighted by molar-refractivity contribution is -0.327. The Morgan fingerprint density at radius 3 is 1.67 bits per heavy atom. The monoisotopic (exact) mass is 244 g/mol. The maximum absolute atomic E-state index is 12.5. The van der Waals surface area contributed by atoms with Crippen molar-refractivity contribution in [1.82, 2.24) is 0 Å². The smallest absolute Gasteiger partial charge is 0.244 e. The lowest BCUT2D eigenvalue weighted by Crippen LogP contribution is -2.59. The van der Waals surface area contributed by atoms with E-state index in [1.165, 1.54) is 0 Å². The van der Waals surface area contributed by atoms with Gasteiger partial charge in [0.05, 0.1) is 0 Å². The van der Waals surface area contributed by atoms with Gasteiger partial charge in [0, 0.05) is 0 Å². The first-order valence-electron chi connectivity index (χ1n) is 3.88. The third kappa shape index (κ3) is 2.17. The van der Waals surface area contributed by atoms with Gasteiger partial charge >= 0.3 is 17.8 Å². The minimum Gasteiger partial charge on any atom is -0.244 e. The van der Waals surface area contributed by atoms with Crippen LogP contribution in [0.5, 0.6) is 0 Å². The van der Waals surface area contributed by atoms with Crippen LogP contribution in [-0.2, 0) is 0 Å². The van der Waals surface area contributed by atoms with Gasteiger partial charge in [0.1, 0.15) is 0 Å². The highest BCUT2D eigenvalue weighted by molar-refractivity contribution is 4.99. The van der Waals surface area contributed by atoms with E-state index in [0.29, 0.717) is 0 Å². The predicted molar refractivity (Wildman–Crippen MR) is 36.0 cm³/mol. The van der Waals surface area contributed by atoms with Crippen LogP contribution in [0.15, 0.2) is 0 Å². The van der Waals surface area contributed by atoms with Crippen molar-refractivity contribution < 1.29 is 35.1 Å². The van der Waals surface area contributed by atoms with Crippen LogP contribution in [0.1, 0.15) is 13.3 Å². The van der Waals surface area contributed by atoms with Crippen LogP contribution in [0.2, 0.25) is 0 Å². The van der Waals surface area contributed by atoms with Crippen molar-refractivity contribution in [2.75, 3.05) is 6.67 Å². The van der Waals surface area contributed by atoms with Gasteiger partial charge in [0.15, 0.2) is 12.8 Å². The molecule has 0 aliphatic rings. The van der Waals surface area contributed by atoms with Crippen molar-refractivity contribution in [1.29, 1.82) is 0 Å². The minimum atomic E-state index is -6.05. The fraction of sp³-hybridized carbons (Fsp3) is 1.00. The van der Waals surface area contributed by atoms with E-state index in [1.807, 2.05) is 0 Å². The largest absolute Gasteiger partial charge is 0.377 e. The molecule has 8 heteroatoms. The van der Waals surface area contributed by atoms with Gasteiger partial charge in [-0.05, 0) is 6.42 Å². The van der Waals surface area contributed by atoms with Crippen LogP contribution < -0.4 is 0 Å². The SMILES string of the molecule is CC[C@H](F)C(F)(F)C(F)(F)C(F)(F)CF. The van der Waals surface area contributed by atoms with Crippen LogP contribution in [0.4, 0.5) is 35.1 Å². The summed E-state index contributed by atoms with van der Waals surface area (Å²) in [7, 11) is 0. The molecule has 0 N–H and O–H groups in total. The lowest BCUT2D eigenvalue weighted by atomic mass is 10.00. The van der Waals surface area contributed by atoms with Gasteiger partial charge in [-0.25, -0.2) is 8.78 Å². The molecule has 0 saturated carbocycles. The highest BCUT2D eigenvalue weighted by atomic mass is 19.4. The summed E-state index contributed by atoms with van der Waals surface area (Å²) in [4.78, 5) is 0. The third-order valence-electron chi connectivity index (χ3n) is 1.80. The number of hydrogen-bond acceptors (Lipinski definition) is 0. The standard InChI is InChI=1S/C7H8F8/c1-2-4(9)6(12,13)7(14,15)5(10,11)3-8/h4H,2-3H2,1H3/t4-/m0/s1. The summed E-state index contributed by atoms with van der Waals surface area (Å²) in [6.07, 6.45) is -4.53. The van der Waals surface area contributed by atoms with Crippen LogP contribution in [-0.4, -0.2) is 30.6 Å². The number of rotatable bonds is 5. The molecule has 0 radical (unpaired) electrons. The van der Waals surface area contributed by atoms with E-state index >= 15 is 0 Å². The Bertz CT molecular complexity index is 211. The van der Waals surface area contributed by atoms with E-state index < -0.39 is 37.0 Å². The molecular weight excluding hydrogens is 236 g/mol. The molecule has 0 aliphatic carbocycles. The first kappa shape index (κ1) is 14.4. The molecule has 0 aromatic heterocycles. The summed E-state index contributed by atoms with van der Waals surface area (Å²) < 4.78 is 98.1. The van der Waals surface area contributed by atoms with Gasteiger partial charge in [0.25, 0.3) is 0 Å². The predicted octanol–water partition coefficient (Wildman–Crippen LogP) is 3.61. The molecule has 92 valence electrons. The van der Waals surface area contributed by atoms with Gasteiger partial charge in [-0.1, -0.05) is 6.92 Å². The van der Waals surface area contributed by atoms with Gasteiger partial charge in [-0.2, -0.15) is 26.3 Å². The summed E-state index contributed by atoms with van der Waals surface area (Å²) in [5, 5.41) is 0.